The summed E-state index contributed by atoms with van der Waals surface area (Å²) in [7, 11) is 0. The topological polar surface area (TPSA) is 46.5 Å². The van der Waals surface area contributed by atoms with Gasteiger partial charge in [-0.3, -0.25) is 0 Å². The lowest BCUT2D eigenvalue weighted by Crippen LogP contribution is -2.41. The van der Waals surface area contributed by atoms with E-state index in [9.17, 15) is 13.6 Å². The van der Waals surface area contributed by atoms with E-state index in [0.717, 1.165) is 6.08 Å². The molecule has 0 fully saturated rings. The quantitative estimate of drug-likeness (QED) is 0.932. The second kappa shape index (κ2) is 4.68. The molecular weight excluding hydrogens is 310 g/mol. The predicted molar refractivity (Wildman–Crippen MR) is 65.1 cm³/mol. The average molecular weight is 319 g/mol. The molecule has 1 N–H and O–H groups in total. The van der Waals surface area contributed by atoms with Crippen LogP contribution in [0.1, 0.15) is 5.56 Å². The molecule has 0 amide bonds. The van der Waals surface area contributed by atoms with E-state index in [4.69, 9.17) is 9.84 Å². The van der Waals surface area contributed by atoms with Gasteiger partial charge in [0, 0.05) is 10.0 Å². The van der Waals surface area contributed by atoms with Crippen molar-refractivity contribution in [3.63, 3.8) is 0 Å². The molecule has 0 aromatic heterocycles. The van der Waals surface area contributed by atoms with Crippen LogP contribution in [-0.2, 0) is 4.79 Å². The molecule has 18 heavy (non-hydrogen) atoms. The molecule has 0 spiro atoms. The van der Waals surface area contributed by atoms with E-state index in [-0.39, 0.29) is 11.3 Å². The Morgan fingerprint density at radius 2 is 2.06 bits per heavy atom. The summed E-state index contributed by atoms with van der Waals surface area (Å²) in [5, 5.41) is 9.12. The zero-order chi connectivity index (χ0) is 13.3. The second-order valence-electron chi connectivity index (χ2n) is 3.94. The third-order valence-electron chi connectivity index (χ3n) is 2.64. The van der Waals surface area contributed by atoms with Crippen LogP contribution in [0.2, 0.25) is 0 Å². The number of carbonyl (C=O) groups is 1. The highest BCUT2D eigenvalue weighted by Crippen LogP contribution is 2.38. The summed E-state index contributed by atoms with van der Waals surface area (Å²) in [6.45, 7) is -2.26. The van der Waals surface area contributed by atoms with Crippen LogP contribution < -0.4 is 4.74 Å². The van der Waals surface area contributed by atoms with Crippen molar-refractivity contribution in [2.75, 3.05) is 13.3 Å². The van der Waals surface area contributed by atoms with Gasteiger partial charge in [0.2, 0.25) is 0 Å². The first-order valence-electron chi connectivity index (χ1n) is 5.08. The number of hydrogen-bond donors (Lipinski definition) is 1. The normalized spacial score (nSPS) is 16.5. The van der Waals surface area contributed by atoms with E-state index >= 15 is 0 Å². The zero-order valence-corrected chi connectivity index (χ0v) is 10.7. The van der Waals surface area contributed by atoms with E-state index in [1.807, 2.05) is 0 Å². The van der Waals surface area contributed by atoms with Crippen molar-refractivity contribution >= 4 is 27.5 Å². The van der Waals surface area contributed by atoms with Crippen molar-refractivity contribution in [2.45, 2.75) is 5.60 Å². The summed E-state index contributed by atoms with van der Waals surface area (Å²) < 4.78 is 31.8. The highest BCUT2D eigenvalue weighted by Gasteiger charge is 2.38. The van der Waals surface area contributed by atoms with Gasteiger partial charge in [-0.25, -0.2) is 13.6 Å². The minimum absolute atomic E-state index is 0.159. The first-order valence-corrected chi connectivity index (χ1v) is 5.87. The number of fused-ring (bicyclic) bond motifs is 1. The molecule has 6 heteroatoms. The Hall–Kier alpha value is -1.43. The molecule has 0 atom stereocenters. The molecule has 1 aromatic carbocycles. The van der Waals surface area contributed by atoms with Crippen LogP contribution in [0.3, 0.4) is 0 Å². The molecule has 0 saturated heterocycles. The summed E-state index contributed by atoms with van der Waals surface area (Å²) in [4.78, 5) is 11.2. The van der Waals surface area contributed by atoms with Crippen LogP contribution in [-0.4, -0.2) is 30.0 Å². The Morgan fingerprint density at radius 3 is 2.61 bits per heavy atom. The van der Waals surface area contributed by atoms with Gasteiger partial charge in [-0.15, -0.1) is 0 Å². The van der Waals surface area contributed by atoms with E-state index in [0.29, 0.717) is 10.0 Å². The molecule has 0 unspecified atom stereocenters. The SMILES string of the molecule is O=C(O)C1=CC(CF)(CF)Oc2ccc(Br)cc21. The number of rotatable bonds is 3. The van der Waals surface area contributed by atoms with Gasteiger partial charge in [0.1, 0.15) is 19.1 Å². The smallest absolute Gasteiger partial charge is 0.336 e. The fourth-order valence-electron chi connectivity index (χ4n) is 1.74. The highest BCUT2D eigenvalue weighted by atomic mass is 79.9. The molecule has 2 rings (SSSR count). The van der Waals surface area contributed by atoms with Crippen LogP contribution in [0.4, 0.5) is 8.78 Å². The highest BCUT2D eigenvalue weighted by molar-refractivity contribution is 9.10. The summed E-state index contributed by atoms with van der Waals surface area (Å²) in [5.74, 6) is -1.09. The number of hydrogen-bond acceptors (Lipinski definition) is 2. The minimum Gasteiger partial charge on any atom is -0.478 e. The van der Waals surface area contributed by atoms with Gasteiger partial charge in [0.25, 0.3) is 0 Å². The van der Waals surface area contributed by atoms with Crippen LogP contribution in [0.15, 0.2) is 28.7 Å². The summed E-state index contributed by atoms with van der Waals surface area (Å²) in [5.41, 5.74) is -1.70. The molecule has 0 saturated carbocycles. The number of aliphatic carboxylic acids is 1. The van der Waals surface area contributed by atoms with Gasteiger partial charge in [0.05, 0.1) is 5.57 Å². The van der Waals surface area contributed by atoms with Crippen molar-refractivity contribution in [3.05, 3.63) is 34.3 Å². The van der Waals surface area contributed by atoms with E-state index in [2.05, 4.69) is 15.9 Å². The maximum absolute atomic E-state index is 12.9. The standard InChI is InChI=1S/C12H9BrF2O3/c13-7-1-2-10-8(3-7)9(11(16)17)4-12(5-14,6-15)18-10/h1-4H,5-6H2,(H,16,17). The van der Waals surface area contributed by atoms with Crippen molar-refractivity contribution in [2.24, 2.45) is 0 Å². The Kier molecular flexibility index (Phi) is 3.38. The van der Waals surface area contributed by atoms with Crippen LogP contribution in [0.5, 0.6) is 5.75 Å². The van der Waals surface area contributed by atoms with Gasteiger partial charge in [0.15, 0.2) is 5.60 Å². The number of ether oxygens (including phenoxy) is 1. The number of carboxylic acid groups (broad SMARTS) is 1. The molecule has 1 aliphatic rings. The molecule has 1 aliphatic heterocycles. The molecule has 1 aromatic rings. The van der Waals surface area contributed by atoms with Crippen LogP contribution in [0.25, 0.3) is 5.57 Å². The predicted octanol–water partition coefficient (Wildman–Crippen LogP) is 2.99. The van der Waals surface area contributed by atoms with E-state index < -0.39 is 24.9 Å². The fourth-order valence-corrected chi connectivity index (χ4v) is 2.10. The van der Waals surface area contributed by atoms with Crippen molar-refractivity contribution in [3.8, 4) is 5.75 Å². The summed E-state index contributed by atoms with van der Waals surface area (Å²) in [6, 6.07) is 4.63. The van der Waals surface area contributed by atoms with E-state index in [1.54, 1.807) is 6.07 Å². The molecule has 0 bridgehead atoms. The number of benzene rings is 1. The fraction of sp³-hybridized carbons (Fsp3) is 0.250. The lowest BCUT2D eigenvalue weighted by molar-refractivity contribution is -0.130. The zero-order valence-electron chi connectivity index (χ0n) is 9.12. The van der Waals surface area contributed by atoms with Gasteiger partial charge >= 0.3 is 5.97 Å². The van der Waals surface area contributed by atoms with Crippen LogP contribution >= 0.6 is 15.9 Å². The molecule has 3 nitrogen and oxygen atoms in total. The summed E-state index contributed by atoms with van der Waals surface area (Å²) >= 11 is 3.21. The monoisotopic (exact) mass is 318 g/mol. The lowest BCUT2D eigenvalue weighted by atomic mass is 9.94. The molecular formula is C12H9BrF2O3. The third kappa shape index (κ3) is 2.12. The van der Waals surface area contributed by atoms with Gasteiger partial charge in [-0.1, -0.05) is 15.9 Å². The van der Waals surface area contributed by atoms with Gasteiger partial charge < -0.3 is 9.84 Å². The first-order chi connectivity index (χ1) is 8.51. The number of alkyl halides is 2. The summed E-state index contributed by atoms with van der Waals surface area (Å²) in [6.07, 6.45) is 0.990. The van der Waals surface area contributed by atoms with Crippen molar-refractivity contribution in [1.29, 1.82) is 0 Å². The first kappa shape index (κ1) is 13.0. The van der Waals surface area contributed by atoms with E-state index in [1.165, 1.54) is 12.1 Å². The van der Waals surface area contributed by atoms with Crippen molar-refractivity contribution in [1.82, 2.24) is 0 Å². The van der Waals surface area contributed by atoms with Crippen molar-refractivity contribution < 1.29 is 23.4 Å². The minimum atomic E-state index is -1.84. The number of carboxylic acids is 1. The maximum Gasteiger partial charge on any atom is 0.336 e. The Bertz CT molecular complexity index is 524. The molecule has 0 radical (unpaired) electrons. The second-order valence-corrected chi connectivity index (χ2v) is 4.85. The molecule has 96 valence electrons. The Labute approximate surface area is 110 Å². The lowest BCUT2D eigenvalue weighted by Gasteiger charge is -2.31. The third-order valence-corrected chi connectivity index (χ3v) is 3.13. The average Bonchev–Trinajstić information content (AvgIpc) is 2.37. The largest absolute Gasteiger partial charge is 0.478 e. The van der Waals surface area contributed by atoms with Gasteiger partial charge in [-0.05, 0) is 24.3 Å². The molecule has 1 heterocycles. The maximum atomic E-state index is 12.9. The van der Waals surface area contributed by atoms with Crippen LogP contribution in [0, 0.1) is 0 Å². The Balaban J connectivity index is 2.61. The number of halogens is 3. The Morgan fingerprint density at radius 1 is 1.39 bits per heavy atom. The molecule has 0 aliphatic carbocycles. The van der Waals surface area contributed by atoms with Gasteiger partial charge in [-0.2, -0.15) is 0 Å².